The van der Waals surface area contributed by atoms with E-state index in [4.69, 9.17) is 15.3 Å². The second-order valence-electron chi connectivity index (χ2n) is 3.27. The first-order valence-corrected chi connectivity index (χ1v) is 4.49. The summed E-state index contributed by atoms with van der Waals surface area (Å²) >= 11 is 0. The van der Waals surface area contributed by atoms with Gasteiger partial charge in [0.25, 0.3) is 5.91 Å². The van der Waals surface area contributed by atoms with Crippen molar-refractivity contribution < 1.29 is 14.3 Å². The van der Waals surface area contributed by atoms with E-state index in [1.54, 1.807) is 6.07 Å². The highest BCUT2D eigenvalue weighted by molar-refractivity contribution is 6.01. The number of nitrogens with zero attached hydrogens (tertiary/aromatic N) is 1. The van der Waals surface area contributed by atoms with Crippen LogP contribution in [0.4, 0.5) is 0 Å². The van der Waals surface area contributed by atoms with E-state index in [2.05, 4.69) is 0 Å². The summed E-state index contributed by atoms with van der Waals surface area (Å²) in [7, 11) is 3.04. The summed E-state index contributed by atoms with van der Waals surface area (Å²) in [6.45, 7) is 0.411. The first kappa shape index (κ1) is 9.79. The van der Waals surface area contributed by atoms with Gasteiger partial charge in [0.05, 0.1) is 26.3 Å². The molecule has 2 N–H and O–H groups in total. The minimum Gasteiger partial charge on any atom is -0.493 e. The van der Waals surface area contributed by atoms with Crippen LogP contribution in [0, 0.1) is 0 Å². The summed E-state index contributed by atoms with van der Waals surface area (Å²) in [5, 5.41) is 1.16. The van der Waals surface area contributed by atoms with Crippen LogP contribution in [-0.4, -0.2) is 25.1 Å². The quantitative estimate of drug-likeness (QED) is 0.569. The van der Waals surface area contributed by atoms with Gasteiger partial charge in [0.1, 0.15) is 0 Å². The molecule has 0 fully saturated rings. The van der Waals surface area contributed by atoms with Crippen molar-refractivity contribution in [3.63, 3.8) is 0 Å². The van der Waals surface area contributed by atoms with Gasteiger partial charge in [-0.15, -0.1) is 0 Å². The second kappa shape index (κ2) is 3.43. The summed E-state index contributed by atoms with van der Waals surface area (Å²) in [6.07, 6.45) is 0. The van der Waals surface area contributed by atoms with E-state index >= 15 is 0 Å². The molecule has 5 heteroatoms. The van der Waals surface area contributed by atoms with E-state index in [1.807, 2.05) is 6.07 Å². The van der Waals surface area contributed by atoms with Crippen LogP contribution in [-0.2, 0) is 6.54 Å². The molecule has 80 valence electrons. The molecular formula is C10H12N2O3. The normalized spacial score (nSPS) is 14.1. The van der Waals surface area contributed by atoms with Gasteiger partial charge in [0.15, 0.2) is 11.5 Å². The number of ether oxygens (including phenoxy) is 2. The molecule has 0 aliphatic carbocycles. The van der Waals surface area contributed by atoms with Crippen molar-refractivity contribution in [3.8, 4) is 11.5 Å². The molecule has 0 spiro atoms. The van der Waals surface area contributed by atoms with E-state index in [0.717, 1.165) is 10.6 Å². The Balaban J connectivity index is 2.61. The van der Waals surface area contributed by atoms with Gasteiger partial charge in [0.2, 0.25) is 0 Å². The lowest BCUT2D eigenvalue weighted by Gasteiger charge is -2.10. The highest BCUT2D eigenvalue weighted by Crippen LogP contribution is 2.37. The number of benzene rings is 1. The monoisotopic (exact) mass is 208 g/mol. The summed E-state index contributed by atoms with van der Waals surface area (Å²) < 4.78 is 10.3. The number of rotatable bonds is 2. The fourth-order valence-electron chi connectivity index (χ4n) is 1.73. The molecule has 0 saturated heterocycles. The molecule has 1 aliphatic rings. The molecule has 0 saturated carbocycles. The number of fused-ring (bicyclic) bond motifs is 1. The highest BCUT2D eigenvalue weighted by Gasteiger charge is 2.30. The van der Waals surface area contributed by atoms with Crippen LogP contribution in [0.1, 0.15) is 15.9 Å². The van der Waals surface area contributed by atoms with Crippen LogP contribution in [0.2, 0.25) is 0 Å². The molecule has 15 heavy (non-hydrogen) atoms. The molecule has 1 aliphatic heterocycles. The number of carbonyl (C=O) groups excluding carboxylic acids is 1. The third-order valence-electron chi connectivity index (χ3n) is 2.45. The average molecular weight is 208 g/mol. The zero-order valence-electron chi connectivity index (χ0n) is 8.61. The Labute approximate surface area is 87.3 Å². The van der Waals surface area contributed by atoms with Crippen LogP contribution in [0.3, 0.4) is 0 Å². The van der Waals surface area contributed by atoms with Gasteiger partial charge in [-0.25, -0.2) is 5.84 Å². The summed E-state index contributed by atoms with van der Waals surface area (Å²) in [6, 6.07) is 3.59. The van der Waals surface area contributed by atoms with Crippen molar-refractivity contribution in [2.45, 2.75) is 6.54 Å². The highest BCUT2D eigenvalue weighted by atomic mass is 16.5. The van der Waals surface area contributed by atoms with E-state index < -0.39 is 0 Å². The lowest BCUT2D eigenvalue weighted by molar-refractivity contribution is 0.0775. The molecule has 5 nitrogen and oxygen atoms in total. The predicted molar refractivity (Wildman–Crippen MR) is 53.6 cm³/mol. The number of methoxy groups -OCH3 is 2. The standard InChI is InChI=1S/C10H12N2O3/c1-14-7-4-3-6-5-12(11)10(13)8(6)9(7)15-2/h3-4H,5,11H2,1-2H3. The first-order valence-electron chi connectivity index (χ1n) is 4.49. The topological polar surface area (TPSA) is 64.8 Å². The third-order valence-corrected chi connectivity index (χ3v) is 2.45. The van der Waals surface area contributed by atoms with Gasteiger partial charge >= 0.3 is 0 Å². The van der Waals surface area contributed by atoms with Crippen molar-refractivity contribution in [2.75, 3.05) is 14.2 Å². The minimum atomic E-state index is -0.235. The number of hydrogen-bond donors (Lipinski definition) is 1. The van der Waals surface area contributed by atoms with E-state index in [0.29, 0.717) is 23.6 Å². The lowest BCUT2D eigenvalue weighted by Crippen LogP contribution is -2.30. The predicted octanol–water partition coefficient (Wildman–Crippen LogP) is 0.533. The molecule has 0 atom stereocenters. The number of amides is 1. The van der Waals surface area contributed by atoms with Crippen molar-refractivity contribution in [2.24, 2.45) is 5.84 Å². The van der Waals surface area contributed by atoms with Gasteiger partial charge in [-0.3, -0.25) is 9.80 Å². The molecule has 1 aromatic carbocycles. The summed E-state index contributed by atoms with van der Waals surface area (Å²) in [4.78, 5) is 11.7. The zero-order chi connectivity index (χ0) is 11.0. The van der Waals surface area contributed by atoms with Gasteiger partial charge in [-0.2, -0.15) is 0 Å². The van der Waals surface area contributed by atoms with E-state index in [-0.39, 0.29) is 5.91 Å². The van der Waals surface area contributed by atoms with Crippen molar-refractivity contribution in [1.82, 2.24) is 5.01 Å². The lowest BCUT2D eigenvalue weighted by atomic mass is 10.1. The Kier molecular flexibility index (Phi) is 2.24. The number of hydrazine groups is 1. The molecule has 1 aromatic rings. The fraction of sp³-hybridized carbons (Fsp3) is 0.300. The SMILES string of the molecule is COc1ccc2c(c1OC)C(=O)N(N)C2. The molecule has 2 rings (SSSR count). The Morgan fingerprint density at radius 3 is 2.67 bits per heavy atom. The van der Waals surface area contributed by atoms with Crippen molar-refractivity contribution in [3.05, 3.63) is 23.3 Å². The van der Waals surface area contributed by atoms with Gasteiger partial charge in [-0.05, 0) is 11.6 Å². The number of carbonyl (C=O) groups is 1. The number of nitrogens with two attached hydrogens (primary N) is 1. The van der Waals surface area contributed by atoms with Crippen molar-refractivity contribution >= 4 is 5.91 Å². The Morgan fingerprint density at radius 1 is 1.33 bits per heavy atom. The Bertz CT molecular complexity index is 417. The van der Waals surface area contributed by atoms with Gasteiger partial charge < -0.3 is 9.47 Å². The molecule has 0 unspecified atom stereocenters. The van der Waals surface area contributed by atoms with Crippen molar-refractivity contribution in [1.29, 1.82) is 0 Å². The van der Waals surface area contributed by atoms with Crippen LogP contribution >= 0.6 is 0 Å². The molecule has 0 radical (unpaired) electrons. The smallest absolute Gasteiger partial charge is 0.272 e. The van der Waals surface area contributed by atoms with Gasteiger partial charge in [-0.1, -0.05) is 6.07 Å². The molecule has 0 bridgehead atoms. The minimum absolute atomic E-state index is 0.235. The van der Waals surface area contributed by atoms with Crippen LogP contribution < -0.4 is 15.3 Å². The third kappa shape index (κ3) is 1.32. The maximum absolute atomic E-state index is 11.7. The Morgan fingerprint density at radius 2 is 2.07 bits per heavy atom. The molecule has 0 aromatic heterocycles. The first-order chi connectivity index (χ1) is 7.19. The second-order valence-corrected chi connectivity index (χ2v) is 3.27. The number of hydrogen-bond acceptors (Lipinski definition) is 4. The molecule has 1 heterocycles. The van der Waals surface area contributed by atoms with E-state index in [1.165, 1.54) is 14.2 Å². The largest absolute Gasteiger partial charge is 0.493 e. The van der Waals surface area contributed by atoms with Crippen LogP contribution in [0.5, 0.6) is 11.5 Å². The maximum Gasteiger partial charge on any atom is 0.272 e. The molecule has 1 amide bonds. The maximum atomic E-state index is 11.7. The average Bonchev–Trinajstić information content (AvgIpc) is 2.54. The fourth-order valence-corrected chi connectivity index (χ4v) is 1.73. The van der Waals surface area contributed by atoms with Crippen LogP contribution in [0.15, 0.2) is 12.1 Å². The Hall–Kier alpha value is -1.75. The summed E-state index contributed by atoms with van der Waals surface area (Å²) in [5.74, 6) is 6.29. The zero-order valence-corrected chi connectivity index (χ0v) is 8.61. The summed E-state index contributed by atoms with van der Waals surface area (Å²) in [5.41, 5.74) is 1.36. The molecular weight excluding hydrogens is 196 g/mol. The van der Waals surface area contributed by atoms with E-state index in [9.17, 15) is 4.79 Å². The van der Waals surface area contributed by atoms with Crippen LogP contribution in [0.25, 0.3) is 0 Å². The van der Waals surface area contributed by atoms with Gasteiger partial charge in [0, 0.05) is 0 Å².